The van der Waals surface area contributed by atoms with Crippen LogP contribution in [0.2, 0.25) is 0 Å². The van der Waals surface area contributed by atoms with Gasteiger partial charge in [-0.25, -0.2) is 4.79 Å². The van der Waals surface area contributed by atoms with E-state index in [1.54, 1.807) is 16.2 Å². The highest BCUT2D eigenvalue weighted by atomic mass is 32.1. The van der Waals surface area contributed by atoms with Crippen LogP contribution in [0, 0.1) is 0 Å². The summed E-state index contributed by atoms with van der Waals surface area (Å²) < 4.78 is 0. The molecule has 0 spiro atoms. The van der Waals surface area contributed by atoms with E-state index in [0.717, 1.165) is 4.88 Å². The van der Waals surface area contributed by atoms with Gasteiger partial charge in [-0.3, -0.25) is 4.79 Å². The molecule has 1 aromatic heterocycles. The van der Waals surface area contributed by atoms with Crippen molar-refractivity contribution in [3.8, 4) is 0 Å². The molecule has 0 bridgehead atoms. The van der Waals surface area contributed by atoms with Crippen LogP contribution in [-0.4, -0.2) is 34.6 Å². The Morgan fingerprint density at radius 2 is 2.21 bits per heavy atom. The van der Waals surface area contributed by atoms with Gasteiger partial charge in [0.1, 0.15) is 0 Å². The molecule has 0 aliphatic rings. The number of urea groups is 1. The van der Waals surface area contributed by atoms with Gasteiger partial charge in [0.05, 0.1) is 6.54 Å². The molecule has 0 unspecified atom stereocenters. The minimum Gasteiger partial charge on any atom is -0.481 e. The molecule has 0 radical (unpaired) electrons. The minimum absolute atomic E-state index is 0.0763. The summed E-state index contributed by atoms with van der Waals surface area (Å²) in [5.41, 5.74) is 0. The first-order valence-electron chi connectivity index (χ1n) is 6.29. The molecule has 106 valence electrons. The van der Waals surface area contributed by atoms with Crippen LogP contribution in [0.15, 0.2) is 17.5 Å². The van der Waals surface area contributed by atoms with Gasteiger partial charge < -0.3 is 15.3 Å². The number of nitrogens with zero attached hydrogens (tertiary/aromatic N) is 1. The lowest BCUT2D eigenvalue weighted by Gasteiger charge is -2.26. The molecule has 0 saturated carbocycles. The number of thiophene rings is 1. The van der Waals surface area contributed by atoms with Crippen molar-refractivity contribution in [3.05, 3.63) is 22.4 Å². The number of rotatable bonds is 7. The van der Waals surface area contributed by atoms with E-state index in [4.69, 9.17) is 5.11 Å². The van der Waals surface area contributed by atoms with E-state index in [2.05, 4.69) is 5.32 Å². The third kappa shape index (κ3) is 5.74. The maximum absolute atomic E-state index is 12.0. The number of amides is 2. The van der Waals surface area contributed by atoms with Crippen molar-refractivity contribution >= 4 is 23.3 Å². The summed E-state index contributed by atoms with van der Waals surface area (Å²) in [5.74, 6) is -0.839. The monoisotopic (exact) mass is 284 g/mol. The third-order valence-electron chi connectivity index (χ3n) is 2.63. The second kappa shape index (κ2) is 7.78. The Morgan fingerprint density at radius 1 is 1.47 bits per heavy atom. The molecule has 1 aromatic rings. The van der Waals surface area contributed by atoms with E-state index in [0.29, 0.717) is 19.5 Å². The maximum Gasteiger partial charge on any atom is 0.317 e. The Kier molecular flexibility index (Phi) is 6.35. The van der Waals surface area contributed by atoms with Crippen LogP contribution in [-0.2, 0) is 11.3 Å². The van der Waals surface area contributed by atoms with Gasteiger partial charge in [0.2, 0.25) is 0 Å². The molecule has 1 heterocycles. The van der Waals surface area contributed by atoms with Crippen molar-refractivity contribution in [3.63, 3.8) is 0 Å². The van der Waals surface area contributed by atoms with Gasteiger partial charge in [0.25, 0.3) is 0 Å². The van der Waals surface area contributed by atoms with Gasteiger partial charge >= 0.3 is 12.0 Å². The first-order valence-corrected chi connectivity index (χ1v) is 7.17. The Morgan fingerprint density at radius 3 is 2.74 bits per heavy atom. The van der Waals surface area contributed by atoms with Gasteiger partial charge in [-0.2, -0.15) is 0 Å². The average molecular weight is 284 g/mol. The van der Waals surface area contributed by atoms with Crippen LogP contribution in [0.5, 0.6) is 0 Å². The van der Waals surface area contributed by atoms with Gasteiger partial charge in [-0.15, -0.1) is 11.3 Å². The van der Waals surface area contributed by atoms with Crippen LogP contribution in [0.3, 0.4) is 0 Å². The molecular formula is C13H20N2O3S. The molecule has 0 fully saturated rings. The van der Waals surface area contributed by atoms with Gasteiger partial charge in [-0.05, 0) is 31.7 Å². The predicted octanol–water partition coefficient (Wildman–Crippen LogP) is 2.53. The largest absolute Gasteiger partial charge is 0.481 e. The highest BCUT2D eigenvalue weighted by Gasteiger charge is 2.17. The highest BCUT2D eigenvalue weighted by molar-refractivity contribution is 7.09. The quantitative estimate of drug-likeness (QED) is 0.756. The van der Waals surface area contributed by atoms with E-state index in [1.807, 2.05) is 31.4 Å². The van der Waals surface area contributed by atoms with Crippen molar-refractivity contribution in [1.82, 2.24) is 10.2 Å². The molecule has 6 heteroatoms. The van der Waals surface area contributed by atoms with Crippen LogP contribution >= 0.6 is 11.3 Å². The molecule has 2 amide bonds. The number of carboxylic acid groups (broad SMARTS) is 1. The number of hydrogen-bond acceptors (Lipinski definition) is 3. The average Bonchev–Trinajstić information content (AvgIpc) is 2.83. The van der Waals surface area contributed by atoms with E-state index in [1.165, 1.54) is 0 Å². The first kappa shape index (κ1) is 15.5. The lowest BCUT2D eigenvalue weighted by molar-refractivity contribution is -0.137. The van der Waals surface area contributed by atoms with Crippen LogP contribution in [0.25, 0.3) is 0 Å². The fraction of sp³-hybridized carbons (Fsp3) is 0.538. The van der Waals surface area contributed by atoms with Crippen LogP contribution in [0.4, 0.5) is 4.79 Å². The smallest absolute Gasteiger partial charge is 0.317 e. The zero-order chi connectivity index (χ0) is 14.3. The zero-order valence-corrected chi connectivity index (χ0v) is 12.1. The van der Waals surface area contributed by atoms with E-state index < -0.39 is 5.97 Å². The molecular weight excluding hydrogens is 264 g/mol. The Labute approximate surface area is 117 Å². The Hall–Kier alpha value is -1.56. The van der Waals surface area contributed by atoms with Gasteiger partial charge in [-0.1, -0.05) is 6.07 Å². The minimum atomic E-state index is -0.839. The van der Waals surface area contributed by atoms with Crippen molar-refractivity contribution < 1.29 is 14.7 Å². The van der Waals surface area contributed by atoms with E-state index >= 15 is 0 Å². The second-order valence-corrected chi connectivity index (χ2v) is 5.56. The zero-order valence-electron chi connectivity index (χ0n) is 11.3. The SMILES string of the molecule is CC(C)N(Cc1cccs1)C(=O)NCCCC(=O)O. The maximum atomic E-state index is 12.0. The summed E-state index contributed by atoms with van der Waals surface area (Å²) >= 11 is 1.62. The summed E-state index contributed by atoms with van der Waals surface area (Å²) in [7, 11) is 0. The fourth-order valence-corrected chi connectivity index (χ4v) is 2.30. The van der Waals surface area contributed by atoms with Crippen molar-refractivity contribution in [2.24, 2.45) is 0 Å². The molecule has 19 heavy (non-hydrogen) atoms. The van der Waals surface area contributed by atoms with Crippen molar-refractivity contribution in [1.29, 1.82) is 0 Å². The Bertz CT molecular complexity index is 404. The van der Waals surface area contributed by atoms with Gasteiger partial charge in [0, 0.05) is 23.9 Å². The lowest BCUT2D eigenvalue weighted by atomic mass is 10.3. The summed E-state index contributed by atoms with van der Waals surface area (Å²) in [6.45, 7) is 4.90. The molecule has 0 aliphatic carbocycles. The number of carboxylic acids is 1. The first-order chi connectivity index (χ1) is 9.00. The molecule has 2 N–H and O–H groups in total. The number of aliphatic carboxylic acids is 1. The number of nitrogens with one attached hydrogen (secondary N) is 1. The molecule has 0 saturated heterocycles. The normalized spacial score (nSPS) is 10.5. The predicted molar refractivity (Wildman–Crippen MR) is 75.3 cm³/mol. The number of hydrogen-bond donors (Lipinski definition) is 2. The fourth-order valence-electron chi connectivity index (χ4n) is 1.60. The van der Waals surface area contributed by atoms with Crippen LogP contribution < -0.4 is 5.32 Å². The van der Waals surface area contributed by atoms with Crippen LogP contribution in [0.1, 0.15) is 31.6 Å². The highest BCUT2D eigenvalue weighted by Crippen LogP contribution is 2.13. The summed E-state index contributed by atoms with van der Waals surface area (Å²) in [5, 5.41) is 13.3. The summed E-state index contributed by atoms with van der Waals surface area (Å²) in [6, 6.07) is 3.91. The number of carbonyl (C=O) groups excluding carboxylic acids is 1. The summed E-state index contributed by atoms with van der Waals surface area (Å²) in [4.78, 5) is 25.3. The third-order valence-corrected chi connectivity index (χ3v) is 3.50. The molecule has 1 rings (SSSR count). The van der Waals surface area contributed by atoms with Crippen molar-refractivity contribution in [2.75, 3.05) is 6.54 Å². The summed E-state index contributed by atoms with van der Waals surface area (Å²) in [6.07, 6.45) is 0.527. The molecule has 0 aliphatic heterocycles. The molecule has 0 aromatic carbocycles. The lowest BCUT2D eigenvalue weighted by Crippen LogP contribution is -2.43. The van der Waals surface area contributed by atoms with Crippen molar-refractivity contribution in [2.45, 2.75) is 39.3 Å². The molecule has 0 atom stereocenters. The standard InChI is InChI=1S/C13H20N2O3S/c1-10(2)15(9-11-5-4-8-19-11)13(18)14-7-3-6-12(16)17/h4-5,8,10H,3,6-7,9H2,1-2H3,(H,14,18)(H,16,17). The molecule has 5 nitrogen and oxygen atoms in total. The second-order valence-electron chi connectivity index (χ2n) is 4.53. The van der Waals surface area contributed by atoms with Gasteiger partial charge in [0.15, 0.2) is 0 Å². The topological polar surface area (TPSA) is 69.6 Å². The van der Waals surface area contributed by atoms with E-state index in [9.17, 15) is 9.59 Å². The number of carbonyl (C=O) groups is 2. The van der Waals surface area contributed by atoms with E-state index in [-0.39, 0.29) is 18.5 Å². The Balaban J connectivity index is 2.42.